The molecule has 0 aromatic heterocycles. The topological polar surface area (TPSA) is 63.3 Å². The van der Waals surface area contributed by atoms with E-state index in [1.54, 1.807) is 0 Å². The Bertz CT molecular complexity index is 160. The number of hydrogen-bond acceptors (Lipinski definition) is 3. The quantitative estimate of drug-likeness (QED) is 0.548. The molecule has 0 saturated carbocycles. The maximum Gasteiger partial charge on any atom is 0.151 e. The van der Waals surface area contributed by atoms with Gasteiger partial charge < -0.3 is 10.8 Å². The van der Waals surface area contributed by atoms with E-state index in [1.807, 2.05) is 0 Å². The van der Waals surface area contributed by atoms with E-state index in [2.05, 4.69) is 6.92 Å². The number of nitrogens with two attached hydrogens (primary N) is 1. The molecule has 0 spiro atoms. The first-order chi connectivity index (χ1) is 7.22. The van der Waals surface area contributed by atoms with E-state index >= 15 is 0 Å². The average Bonchev–Trinajstić information content (AvgIpc) is 2.26. The van der Waals surface area contributed by atoms with Gasteiger partial charge in [0.25, 0.3) is 0 Å². The molecule has 0 aliphatic heterocycles. The van der Waals surface area contributed by atoms with E-state index in [-0.39, 0.29) is 12.4 Å². The Hall–Kier alpha value is -0.410. The Labute approximate surface area is 93.0 Å². The molecule has 0 bridgehead atoms. The van der Waals surface area contributed by atoms with Crippen LogP contribution in [0.5, 0.6) is 0 Å². The second kappa shape index (κ2) is 10.1. The van der Waals surface area contributed by atoms with Crippen LogP contribution < -0.4 is 5.73 Å². The van der Waals surface area contributed by atoms with Crippen molar-refractivity contribution < 1.29 is 9.90 Å². The van der Waals surface area contributed by atoms with Crippen LogP contribution in [-0.4, -0.2) is 23.5 Å². The molecule has 0 aliphatic rings. The number of aliphatic hydroxyl groups excluding tert-OH is 1. The Morgan fingerprint density at radius 1 is 1.13 bits per heavy atom. The first kappa shape index (κ1) is 14.6. The SMILES string of the molecule is CCCCCCCCCC(=O)C(N)CO. The van der Waals surface area contributed by atoms with Crippen LogP contribution in [0.4, 0.5) is 0 Å². The zero-order valence-electron chi connectivity index (χ0n) is 9.87. The smallest absolute Gasteiger partial charge is 0.151 e. The van der Waals surface area contributed by atoms with Crippen molar-refractivity contribution in [2.24, 2.45) is 5.73 Å². The third kappa shape index (κ3) is 8.58. The third-order valence-electron chi connectivity index (χ3n) is 2.64. The van der Waals surface area contributed by atoms with Gasteiger partial charge in [0.2, 0.25) is 0 Å². The van der Waals surface area contributed by atoms with Gasteiger partial charge in [-0.25, -0.2) is 0 Å². The molecular formula is C12H25NO2. The summed E-state index contributed by atoms with van der Waals surface area (Å²) in [5.74, 6) is -0.00828. The lowest BCUT2D eigenvalue weighted by atomic mass is 10.0. The summed E-state index contributed by atoms with van der Waals surface area (Å²) in [5.41, 5.74) is 5.40. The third-order valence-corrected chi connectivity index (χ3v) is 2.64. The number of unbranched alkanes of at least 4 members (excludes halogenated alkanes) is 6. The summed E-state index contributed by atoms with van der Waals surface area (Å²) in [7, 11) is 0. The van der Waals surface area contributed by atoms with Crippen molar-refractivity contribution in [1.29, 1.82) is 0 Å². The van der Waals surface area contributed by atoms with Crippen LogP contribution in [0, 0.1) is 0 Å². The summed E-state index contributed by atoms with van der Waals surface area (Å²) in [4.78, 5) is 11.2. The van der Waals surface area contributed by atoms with Gasteiger partial charge in [0.1, 0.15) is 0 Å². The van der Waals surface area contributed by atoms with Crippen LogP contribution in [0.15, 0.2) is 0 Å². The number of ketones is 1. The van der Waals surface area contributed by atoms with Gasteiger partial charge in [0.05, 0.1) is 12.6 Å². The summed E-state index contributed by atoms with van der Waals surface area (Å²) < 4.78 is 0. The van der Waals surface area contributed by atoms with Gasteiger partial charge in [-0.15, -0.1) is 0 Å². The fourth-order valence-corrected chi connectivity index (χ4v) is 1.54. The van der Waals surface area contributed by atoms with Crippen molar-refractivity contribution in [1.82, 2.24) is 0 Å². The molecule has 1 atom stereocenters. The molecule has 0 aliphatic carbocycles. The first-order valence-electron chi connectivity index (χ1n) is 6.11. The normalized spacial score (nSPS) is 12.7. The number of carbonyl (C=O) groups is 1. The minimum Gasteiger partial charge on any atom is -0.394 e. The highest BCUT2D eigenvalue weighted by atomic mass is 16.3. The lowest BCUT2D eigenvalue weighted by molar-refractivity contribution is -0.121. The molecule has 0 rings (SSSR count). The molecule has 90 valence electrons. The molecule has 0 amide bonds. The summed E-state index contributed by atoms with van der Waals surface area (Å²) in [6, 6.07) is -0.662. The van der Waals surface area contributed by atoms with Crippen LogP contribution in [0.1, 0.15) is 58.3 Å². The van der Waals surface area contributed by atoms with Crippen LogP contribution in [-0.2, 0) is 4.79 Å². The highest BCUT2D eigenvalue weighted by molar-refractivity contribution is 5.83. The van der Waals surface area contributed by atoms with E-state index in [9.17, 15) is 4.79 Å². The van der Waals surface area contributed by atoms with Crippen molar-refractivity contribution in [3.63, 3.8) is 0 Å². The van der Waals surface area contributed by atoms with Crippen molar-refractivity contribution in [3.8, 4) is 0 Å². The van der Waals surface area contributed by atoms with Gasteiger partial charge in [-0.2, -0.15) is 0 Å². The maximum absolute atomic E-state index is 11.2. The summed E-state index contributed by atoms with van der Waals surface area (Å²) in [6.45, 7) is 1.98. The van der Waals surface area contributed by atoms with E-state index in [4.69, 9.17) is 10.8 Å². The van der Waals surface area contributed by atoms with Gasteiger partial charge in [-0.05, 0) is 6.42 Å². The van der Waals surface area contributed by atoms with Crippen LogP contribution in [0.25, 0.3) is 0 Å². The number of Topliss-reactive ketones (excluding diaryl/α,β-unsaturated/α-hetero) is 1. The predicted molar refractivity (Wildman–Crippen MR) is 62.7 cm³/mol. The second-order valence-corrected chi connectivity index (χ2v) is 4.13. The number of rotatable bonds is 10. The predicted octanol–water partition coefficient (Wildman–Crippen LogP) is 2.02. The Balaban J connectivity index is 3.20. The number of aliphatic hydroxyl groups is 1. The Kier molecular flexibility index (Phi) is 9.84. The molecule has 3 heteroatoms. The van der Waals surface area contributed by atoms with Crippen molar-refractivity contribution in [2.75, 3.05) is 6.61 Å². The van der Waals surface area contributed by atoms with E-state index < -0.39 is 6.04 Å². The van der Waals surface area contributed by atoms with Gasteiger partial charge in [-0.3, -0.25) is 4.79 Å². The fourth-order valence-electron chi connectivity index (χ4n) is 1.54. The molecule has 1 unspecified atom stereocenters. The highest BCUT2D eigenvalue weighted by Gasteiger charge is 2.10. The van der Waals surface area contributed by atoms with Gasteiger partial charge in [-0.1, -0.05) is 45.4 Å². The van der Waals surface area contributed by atoms with Gasteiger partial charge in [0.15, 0.2) is 5.78 Å². The second-order valence-electron chi connectivity index (χ2n) is 4.13. The van der Waals surface area contributed by atoms with E-state index in [0.29, 0.717) is 6.42 Å². The van der Waals surface area contributed by atoms with Gasteiger partial charge >= 0.3 is 0 Å². The molecule has 0 fully saturated rings. The molecular weight excluding hydrogens is 190 g/mol. The summed E-state index contributed by atoms with van der Waals surface area (Å²) in [6.07, 6.45) is 8.91. The Morgan fingerprint density at radius 3 is 2.20 bits per heavy atom. The van der Waals surface area contributed by atoms with Gasteiger partial charge in [0, 0.05) is 6.42 Å². The van der Waals surface area contributed by atoms with E-state index in [1.165, 1.54) is 32.1 Å². The minimum atomic E-state index is -0.662. The van der Waals surface area contributed by atoms with Crippen molar-refractivity contribution >= 4 is 5.78 Å². The first-order valence-corrected chi connectivity index (χ1v) is 6.11. The van der Waals surface area contributed by atoms with E-state index in [0.717, 1.165) is 12.8 Å². The molecule has 15 heavy (non-hydrogen) atoms. The Morgan fingerprint density at radius 2 is 1.67 bits per heavy atom. The molecule has 3 nitrogen and oxygen atoms in total. The molecule has 0 radical (unpaired) electrons. The van der Waals surface area contributed by atoms with Crippen LogP contribution >= 0.6 is 0 Å². The molecule has 0 saturated heterocycles. The zero-order valence-corrected chi connectivity index (χ0v) is 9.87. The maximum atomic E-state index is 11.2. The van der Waals surface area contributed by atoms with Crippen molar-refractivity contribution in [2.45, 2.75) is 64.3 Å². The monoisotopic (exact) mass is 215 g/mol. The molecule has 0 heterocycles. The van der Waals surface area contributed by atoms with Crippen LogP contribution in [0.2, 0.25) is 0 Å². The molecule has 3 N–H and O–H groups in total. The summed E-state index contributed by atoms with van der Waals surface area (Å²) in [5, 5.41) is 8.66. The summed E-state index contributed by atoms with van der Waals surface area (Å²) >= 11 is 0. The van der Waals surface area contributed by atoms with Crippen molar-refractivity contribution in [3.05, 3.63) is 0 Å². The molecule has 0 aromatic carbocycles. The zero-order chi connectivity index (χ0) is 11.5. The fraction of sp³-hybridized carbons (Fsp3) is 0.917. The number of carbonyl (C=O) groups excluding carboxylic acids is 1. The standard InChI is InChI=1S/C12H25NO2/c1-2-3-4-5-6-7-8-9-12(15)11(13)10-14/h11,14H,2-10,13H2,1H3. The van der Waals surface area contributed by atoms with Crippen LogP contribution in [0.3, 0.4) is 0 Å². The lowest BCUT2D eigenvalue weighted by Gasteiger charge is -2.06. The highest BCUT2D eigenvalue weighted by Crippen LogP contribution is 2.08. The average molecular weight is 215 g/mol. The minimum absolute atomic E-state index is 0.00828. The molecule has 0 aromatic rings. The lowest BCUT2D eigenvalue weighted by Crippen LogP contribution is -2.33. The number of hydrogen-bond donors (Lipinski definition) is 2. The largest absolute Gasteiger partial charge is 0.394 e.